The van der Waals surface area contributed by atoms with Gasteiger partial charge in [-0.2, -0.15) is 8.78 Å². The van der Waals surface area contributed by atoms with Crippen LogP contribution >= 0.6 is 9.24 Å². The molecule has 2 atom stereocenters. The second kappa shape index (κ2) is 3.63. The van der Waals surface area contributed by atoms with Gasteiger partial charge in [0.25, 0.3) is 5.66 Å². The monoisotopic (exact) mass is 191 g/mol. The molecule has 1 aliphatic rings. The first-order valence-electron chi connectivity index (χ1n) is 3.77. The van der Waals surface area contributed by atoms with Crippen molar-refractivity contribution in [3.05, 3.63) is 23.8 Å². The first-order chi connectivity index (χ1) is 5.54. The van der Waals surface area contributed by atoms with Crippen LogP contribution in [0.5, 0.6) is 0 Å². The molecule has 0 heterocycles. The first-order valence-corrected chi connectivity index (χ1v) is 4.34. The number of allylic oxidation sites excluding steroid dienone is 2. The number of alkyl halides is 2. The highest BCUT2D eigenvalue weighted by Gasteiger charge is 2.26. The minimum atomic E-state index is -2.78. The van der Waals surface area contributed by atoms with Gasteiger partial charge < -0.3 is 5.32 Å². The highest BCUT2D eigenvalue weighted by atomic mass is 31.0. The fourth-order valence-electron chi connectivity index (χ4n) is 1.08. The van der Waals surface area contributed by atoms with Crippen LogP contribution in [0.3, 0.4) is 0 Å². The predicted octanol–water partition coefficient (Wildman–Crippen LogP) is 1.93. The molecule has 0 aliphatic heterocycles. The Morgan fingerprint density at radius 2 is 2.33 bits per heavy atom. The van der Waals surface area contributed by atoms with E-state index in [1.807, 2.05) is 7.05 Å². The van der Waals surface area contributed by atoms with Crippen molar-refractivity contribution in [3.8, 4) is 0 Å². The molecular weight excluding hydrogens is 179 g/mol. The maximum absolute atomic E-state index is 12.7. The zero-order valence-corrected chi connectivity index (χ0v) is 8.00. The lowest BCUT2D eigenvalue weighted by atomic mass is 10.0. The summed E-state index contributed by atoms with van der Waals surface area (Å²) in [7, 11) is 3.35. The van der Waals surface area contributed by atoms with Crippen LogP contribution in [0.25, 0.3) is 0 Å². The molecule has 1 N–H and O–H groups in total. The number of halogens is 2. The maximum atomic E-state index is 12.7. The fraction of sp³-hybridized carbons (Fsp3) is 0.500. The van der Waals surface area contributed by atoms with Crippen LogP contribution < -0.4 is 5.32 Å². The van der Waals surface area contributed by atoms with Crippen LogP contribution in [-0.2, 0) is 0 Å². The van der Waals surface area contributed by atoms with Crippen molar-refractivity contribution in [1.29, 1.82) is 0 Å². The van der Waals surface area contributed by atoms with Gasteiger partial charge in [0.05, 0.1) is 0 Å². The summed E-state index contributed by atoms with van der Waals surface area (Å²) in [6.45, 7) is 0. The topological polar surface area (TPSA) is 12.0 Å². The molecule has 4 heteroatoms. The van der Waals surface area contributed by atoms with Gasteiger partial charge in [-0.15, -0.1) is 0 Å². The average molecular weight is 191 g/mol. The van der Waals surface area contributed by atoms with Crippen molar-refractivity contribution in [3.63, 3.8) is 0 Å². The van der Waals surface area contributed by atoms with E-state index in [2.05, 4.69) is 5.32 Å². The van der Waals surface area contributed by atoms with Gasteiger partial charge in [0.1, 0.15) is 0 Å². The van der Waals surface area contributed by atoms with E-state index >= 15 is 0 Å². The van der Waals surface area contributed by atoms with Gasteiger partial charge >= 0.3 is 0 Å². The lowest BCUT2D eigenvalue weighted by Crippen LogP contribution is -2.24. The molecular formula is C8H12F2NP. The molecule has 0 aromatic carbocycles. The molecule has 0 saturated carbocycles. The minimum absolute atomic E-state index is 0.0824. The van der Waals surface area contributed by atoms with Crippen molar-refractivity contribution >= 4 is 9.24 Å². The van der Waals surface area contributed by atoms with E-state index in [-0.39, 0.29) is 11.6 Å². The molecule has 0 amide bonds. The van der Waals surface area contributed by atoms with Crippen LogP contribution in [0.2, 0.25) is 0 Å². The number of hydrogen-bond donors (Lipinski definition) is 1. The largest absolute Gasteiger partial charge is 0.313 e. The van der Waals surface area contributed by atoms with Gasteiger partial charge in [0.2, 0.25) is 0 Å². The van der Waals surface area contributed by atoms with E-state index in [1.54, 1.807) is 12.2 Å². The summed E-state index contributed by atoms with van der Waals surface area (Å²) in [5.41, 5.74) is -2.70. The molecule has 68 valence electrons. The molecule has 12 heavy (non-hydrogen) atoms. The van der Waals surface area contributed by atoms with Crippen LogP contribution in [0, 0.1) is 0 Å². The van der Waals surface area contributed by atoms with Crippen LogP contribution in [0.15, 0.2) is 23.8 Å². The van der Waals surface area contributed by atoms with Gasteiger partial charge in [-0.25, -0.2) is 0 Å². The molecule has 0 aromatic rings. The van der Waals surface area contributed by atoms with E-state index in [0.717, 1.165) is 0 Å². The summed E-state index contributed by atoms with van der Waals surface area (Å²) in [6.07, 6.45) is 5.42. The zero-order valence-electron chi connectivity index (χ0n) is 6.85. The maximum Gasteiger partial charge on any atom is 0.283 e. The molecule has 0 radical (unpaired) electrons. The van der Waals surface area contributed by atoms with E-state index in [1.165, 1.54) is 15.3 Å². The van der Waals surface area contributed by atoms with E-state index in [9.17, 15) is 8.78 Å². The molecule has 0 saturated heterocycles. The Kier molecular flexibility index (Phi) is 2.97. The van der Waals surface area contributed by atoms with Gasteiger partial charge in [-0.05, 0) is 13.5 Å². The van der Waals surface area contributed by atoms with Gasteiger partial charge in [-0.1, -0.05) is 27.5 Å². The van der Waals surface area contributed by atoms with Gasteiger partial charge in [0.15, 0.2) is 0 Å². The molecule has 1 nitrogen and oxygen atoms in total. The average Bonchev–Trinajstić information content (AvgIpc) is 2.03. The van der Waals surface area contributed by atoms with Crippen LogP contribution in [0.4, 0.5) is 8.78 Å². The lowest BCUT2D eigenvalue weighted by molar-refractivity contribution is 0.150. The Morgan fingerprint density at radius 1 is 1.67 bits per heavy atom. The summed E-state index contributed by atoms with van der Waals surface area (Å²) in [5.74, 6) is 0. The number of hydrogen-bond acceptors (Lipinski definition) is 1. The number of nitrogens with one attached hydrogen (secondary N) is 1. The normalized spacial score (nSPS) is 24.0. The lowest BCUT2D eigenvalue weighted by Gasteiger charge is -2.18. The van der Waals surface area contributed by atoms with E-state index in [4.69, 9.17) is 0 Å². The van der Waals surface area contributed by atoms with Crippen molar-refractivity contribution in [1.82, 2.24) is 5.32 Å². The second-order valence-corrected chi connectivity index (χ2v) is 3.50. The predicted molar refractivity (Wildman–Crippen MR) is 49.3 cm³/mol. The Balaban J connectivity index is 2.64. The van der Waals surface area contributed by atoms with Gasteiger partial charge in [0, 0.05) is 11.6 Å². The quantitative estimate of drug-likeness (QED) is 0.657. The highest BCUT2D eigenvalue weighted by Crippen LogP contribution is 2.33. The summed E-state index contributed by atoms with van der Waals surface area (Å²) in [6, 6.07) is 0.195. The molecule has 2 unspecified atom stereocenters. The standard InChI is InChI=1S/C8H12F2NP/c1-11-7-4-2-6(3-5-7)8(9,10)12/h2-4,7,11H,5,12H2,1H3. The summed E-state index contributed by atoms with van der Waals surface area (Å²) in [4.78, 5) is 0. The third-order valence-electron chi connectivity index (χ3n) is 1.86. The Hall–Kier alpha value is -0.270. The van der Waals surface area contributed by atoms with Crippen molar-refractivity contribution in [2.75, 3.05) is 7.05 Å². The Bertz CT molecular complexity index is 218. The first kappa shape index (κ1) is 9.82. The molecule has 0 bridgehead atoms. The Labute approximate surface area is 73.1 Å². The second-order valence-electron chi connectivity index (χ2n) is 2.77. The van der Waals surface area contributed by atoms with Gasteiger partial charge in [-0.3, -0.25) is 0 Å². The highest BCUT2D eigenvalue weighted by molar-refractivity contribution is 7.18. The summed E-state index contributed by atoms with van der Waals surface area (Å²) >= 11 is 0. The molecule has 1 aliphatic carbocycles. The third-order valence-corrected chi connectivity index (χ3v) is 2.19. The van der Waals surface area contributed by atoms with E-state index in [0.29, 0.717) is 6.42 Å². The van der Waals surface area contributed by atoms with E-state index < -0.39 is 5.66 Å². The SMILES string of the molecule is CNC1C=CC(C(F)(F)P)=CC1. The third kappa shape index (κ3) is 2.36. The zero-order chi connectivity index (χ0) is 9.19. The van der Waals surface area contributed by atoms with Crippen LogP contribution in [-0.4, -0.2) is 18.8 Å². The number of rotatable bonds is 2. The summed E-state index contributed by atoms with van der Waals surface area (Å²) < 4.78 is 25.3. The molecule has 0 spiro atoms. The molecule has 0 aromatic heterocycles. The fourth-order valence-corrected chi connectivity index (χ4v) is 1.30. The number of likely N-dealkylation sites (N-methyl/N-ethyl adjacent to an activating group) is 1. The van der Waals surface area contributed by atoms with Crippen LogP contribution in [0.1, 0.15) is 6.42 Å². The minimum Gasteiger partial charge on any atom is -0.313 e. The van der Waals surface area contributed by atoms with Crippen molar-refractivity contribution in [2.24, 2.45) is 0 Å². The van der Waals surface area contributed by atoms with Crippen molar-refractivity contribution in [2.45, 2.75) is 18.1 Å². The molecule has 1 rings (SSSR count). The van der Waals surface area contributed by atoms with Crippen molar-refractivity contribution < 1.29 is 8.78 Å². The molecule has 0 fully saturated rings. The smallest absolute Gasteiger partial charge is 0.283 e. The summed E-state index contributed by atoms with van der Waals surface area (Å²) in [5, 5.41) is 2.99. The Morgan fingerprint density at radius 3 is 2.67 bits per heavy atom.